The number of likely N-dealkylation sites (tertiary alicyclic amines) is 1. The molecule has 0 aromatic heterocycles. The maximum Gasteiger partial charge on any atom is 0.326 e. The Balaban J connectivity index is 1.20. The number of ether oxygens (including phenoxy) is 1. The molecule has 2 aromatic rings. The molecule has 4 aliphatic heterocycles. The molecular formula is C27H29N5O4S. The van der Waals surface area contributed by atoms with E-state index in [1.165, 1.54) is 11.8 Å². The zero-order valence-electron chi connectivity index (χ0n) is 20.5. The minimum absolute atomic E-state index is 0.00980. The van der Waals surface area contributed by atoms with Gasteiger partial charge in [-0.25, -0.2) is 4.79 Å². The highest BCUT2D eigenvalue weighted by atomic mass is 32.2. The quantitative estimate of drug-likeness (QED) is 0.561. The van der Waals surface area contributed by atoms with Crippen molar-refractivity contribution in [2.75, 3.05) is 24.5 Å². The van der Waals surface area contributed by atoms with Crippen molar-refractivity contribution in [2.45, 2.75) is 37.2 Å². The number of para-hydroxylation sites is 1. The van der Waals surface area contributed by atoms with Crippen LogP contribution in [0.15, 0.2) is 65.2 Å². The van der Waals surface area contributed by atoms with E-state index in [-0.39, 0.29) is 41.2 Å². The fourth-order valence-electron chi connectivity index (χ4n) is 5.64. The number of piperidine rings is 1. The van der Waals surface area contributed by atoms with Crippen molar-refractivity contribution >= 4 is 35.3 Å². The van der Waals surface area contributed by atoms with E-state index in [4.69, 9.17) is 4.74 Å². The van der Waals surface area contributed by atoms with Gasteiger partial charge in [-0.2, -0.15) is 0 Å². The number of carbonyl (C=O) groups is 3. The fourth-order valence-corrected chi connectivity index (χ4v) is 7.04. The van der Waals surface area contributed by atoms with E-state index in [9.17, 15) is 14.4 Å². The van der Waals surface area contributed by atoms with Crippen LogP contribution in [0.3, 0.4) is 0 Å². The third-order valence-electron chi connectivity index (χ3n) is 7.41. The molecule has 3 N–H and O–H groups in total. The van der Waals surface area contributed by atoms with Crippen LogP contribution in [-0.2, 0) is 9.59 Å². The molecule has 3 fully saturated rings. The molecule has 3 unspecified atom stereocenters. The van der Waals surface area contributed by atoms with Crippen LogP contribution < -0.4 is 25.6 Å². The lowest BCUT2D eigenvalue weighted by molar-refractivity contribution is -0.128. The average molecular weight is 520 g/mol. The standard InChI is InChI=1S/C27H29N5O4S/c1-16(33)31-14-12-17(15-31)29-25(34)24-23-22-21(11-13-28-26(22)37-24)32(27(35)30-23)18-7-9-20(10-8-18)36-19-5-3-2-4-6-19/h2-10,17,21-22,26,28H,11-15H2,1H3,(H,29,34)(H,30,35)/t17-,21?,22?,26?/m0/s1. The highest BCUT2D eigenvalue weighted by molar-refractivity contribution is 8.04. The lowest BCUT2D eigenvalue weighted by Gasteiger charge is -2.45. The second-order valence-electron chi connectivity index (χ2n) is 9.75. The Hall–Kier alpha value is -3.50. The molecule has 4 aliphatic rings. The Morgan fingerprint density at radius 1 is 1.05 bits per heavy atom. The number of urea groups is 1. The Bertz CT molecular complexity index is 1250. The smallest absolute Gasteiger partial charge is 0.326 e. The molecule has 0 aliphatic carbocycles. The van der Waals surface area contributed by atoms with E-state index in [2.05, 4.69) is 16.0 Å². The van der Waals surface area contributed by atoms with E-state index in [1.54, 1.807) is 11.8 Å². The van der Waals surface area contributed by atoms with Crippen molar-refractivity contribution < 1.29 is 19.1 Å². The minimum Gasteiger partial charge on any atom is -0.457 e. The van der Waals surface area contributed by atoms with Gasteiger partial charge in [0.25, 0.3) is 5.91 Å². The van der Waals surface area contributed by atoms with Gasteiger partial charge in [-0.1, -0.05) is 30.0 Å². The molecule has 4 amide bonds. The van der Waals surface area contributed by atoms with Crippen molar-refractivity contribution in [3.63, 3.8) is 0 Å². The van der Waals surface area contributed by atoms with Gasteiger partial charge in [-0.15, -0.1) is 0 Å². The second-order valence-corrected chi connectivity index (χ2v) is 10.9. The number of amides is 4. The third kappa shape index (κ3) is 4.55. The molecule has 37 heavy (non-hydrogen) atoms. The Morgan fingerprint density at radius 2 is 1.81 bits per heavy atom. The number of hydrogen-bond acceptors (Lipinski definition) is 6. The normalized spacial score (nSPS) is 26.6. The summed E-state index contributed by atoms with van der Waals surface area (Å²) in [5, 5.41) is 9.66. The lowest BCUT2D eigenvalue weighted by atomic mass is 9.86. The molecule has 0 saturated carbocycles. The third-order valence-corrected chi connectivity index (χ3v) is 8.76. The van der Waals surface area contributed by atoms with E-state index < -0.39 is 0 Å². The first kappa shape index (κ1) is 23.9. The largest absolute Gasteiger partial charge is 0.457 e. The van der Waals surface area contributed by atoms with Crippen LogP contribution in [0.25, 0.3) is 0 Å². The van der Waals surface area contributed by atoms with Gasteiger partial charge in [-0.3, -0.25) is 14.5 Å². The summed E-state index contributed by atoms with van der Waals surface area (Å²) in [6, 6.07) is 16.7. The van der Waals surface area contributed by atoms with Gasteiger partial charge in [0.15, 0.2) is 0 Å². The number of anilines is 1. The molecule has 0 radical (unpaired) electrons. The first-order valence-corrected chi connectivity index (χ1v) is 13.5. The summed E-state index contributed by atoms with van der Waals surface area (Å²) in [5.41, 5.74) is 1.50. The zero-order valence-corrected chi connectivity index (χ0v) is 21.3. The summed E-state index contributed by atoms with van der Waals surface area (Å²) in [5.74, 6) is 1.27. The molecule has 10 heteroatoms. The monoisotopic (exact) mass is 519 g/mol. The average Bonchev–Trinajstić information content (AvgIpc) is 3.51. The summed E-state index contributed by atoms with van der Waals surface area (Å²) in [6.07, 6.45) is 1.52. The maximum absolute atomic E-state index is 13.4. The van der Waals surface area contributed by atoms with Crippen LogP contribution in [-0.4, -0.2) is 59.8 Å². The van der Waals surface area contributed by atoms with Gasteiger partial charge in [0.05, 0.1) is 16.3 Å². The lowest BCUT2D eigenvalue weighted by Crippen LogP contribution is -2.62. The zero-order chi connectivity index (χ0) is 25.5. The van der Waals surface area contributed by atoms with Gasteiger partial charge >= 0.3 is 6.03 Å². The Labute approximate surface area is 219 Å². The predicted molar refractivity (Wildman–Crippen MR) is 141 cm³/mol. The number of nitrogens with zero attached hydrogens (tertiary/aromatic N) is 2. The summed E-state index contributed by atoms with van der Waals surface area (Å²) in [6.45, 7) is 3.47. The predicted octanol–water partition coefficient (Wildman–Crippen LogP) is 3.01. The van der Waals surface area contributed by atoms with E-state index in [1.807, 2.05) is 59.5 Å². The van der Waals surface area contributed by atoms with Crippen LogP contribution in [0.4, 0.5) is 10.5 Å². The summed E-state index contributed by atoms with van der Waals surface area (Å²) >= 11 is 1.49. The topological polar surface area (TPSA) is 103 Å². The maximum atomic E-state index is 13.4. The van der Waals surface area contributed by atoms with Crippen molar-refractivity contribution in [2.24, 2.45) is 5.92 Å². The van der Waals surface area contributed by atoms with Crippen molar-refractivity contribution in [3.8, 4) is 11.5 Å². The molecule has 9 nitrogen and oxygen atoms in total. The molecule has 6 rings (SSSR count). The second kappa shape index (κ2) is 9.75. The Morgan fingerprint density at radius 3 is 2.54 bits per heavy atom. The van der Waals surface area contributed by atoms with Gasteiger partial charge in [0.1, 0.15) is 11.5 Å². The van der Waals surface area contributed by atoms with Gasteiger partial charge in [0.2, 0.25) is 5.91 Å². The number of rotatable bonds is 5. The molecule has 0 spiro atoms. The molecule has 0 bridgehead atoms. The molecular weight excluding hydrogens is 490 g/mol. The number of carbonyl (C=O) groups excluding carboxylic acids is 3. The highest BCUT2D eigenvalue weighted by Crippen LogP contribution is 2.48. The molecule has 4 atom stereocenters. The SMILES string of the molecule is CC(=O)N1CC[C@H](NC(=O)C2=C3NC(=O)N(c4ccc(Oc5ccccc5)cc4)C4CCNC(S2)C34)C1. The summed E-state index contributed by atoms with van der Waals surface area (Å²) in [7, 11) is 0. The van der Waals surface area contributed by atoms with Crippen molar-refractivity contribution in [3.05, 3.63) is 65.2 Å². The number of nitrogens with one attached hydrogen (secondary N) is 3. The summed E-state index contributed by atoms with van der Waals surface area (Å²) in [4.78, 5) is 42.4. The van der Waals surface area contributed by atoms with Crippen LogP contribution in [0, 0.1) is 5.92 Å². The number of hydrogen-bond donors (Lipinski definition) is 3. The van der Waals surface area contributed by atoms with E-state index >= 15 is 0 Å². The highest BCUT2D eigenvalue weighted by Gasteiger charge is 2.51. The molecule has 2 aromatic carbocycles. The van der Waals surface area contributed by atoms with Crippen LogP contribution in [0.5, 0.6) is 11.5 Å². The van der Waals surface area contributed by atoms with Crippen molar-refractivity contribution in [1.82, 2.24) is 20.9 Å². The first-order chi connectivity index (χ1) is 18.0. The fraction of sp³-hybridized carbons (Fsp3) is 0.370. The Kier molecular flexibility index (Phi) is 6.29. The van der Waals surface area contributed by atoms with Gasteiger partial charge in [-0.05, 0) is 55.8 Å². The van der Waals surface area contributed by atoms with Gasteiger partial charge < -0.3 is 25.6 Å². The molecule has 4 heterocycles. The van der Waals surface area contributed by atoms with Crippen LogP contribution in [0.1, 0.15) is 19.8 Å². The number of thioether (sulfide) groups is 1. The van der Waals surface area contributed by atoms with E-state index in [0.29, 0.717) is 29.4 Å². The summed E-state index contributed by atoms with van der Waals surface area (Å²) < 4.78 is 5.91. The van der Waals surface area contributed by atoms with Gasteiger partial charge in [0, 0.05) is 43.4 Å². The minimum atomic E-state index is -0.231. The first-order valence-electron chi connectivity index (χ1n) is 12.6. The van der Waals surface area contributed by atoms with Crippen molar-refractivity contribution in [1.29, 1.82) is 0 Å². The number of benzene rings is 2. The van der Waals surface area contributed by atoms with Crippen LogP contribution >= 0.6 is 11.8 Å². The molecule has 192 valence electrons. The van der Waals surface area contributed by atoms with E-state index in [0.717, 1.165) is 30.8 Å². The van der Waals surface area contributed by atoms with Crippen LogP contribution in [0.2, 0.25) is 0 Å². The molecule has 3 saturated heterocycles.